The monoisotopic (exact) mass is 463 g/mol. The van der Waals surface area contributed by atoms with Gasteiger partial charge in [-0.05, 0) is 25.3 Å². The Morgan fingerprint density at radius 2 is 1.81 bits per heavy atom. The lowest BCUT2D eigenvalue weighted by Gasteiger charge is -2.36. The third-order valence-electron chi connectivity index (χ3n) is 5.45. The van der Waals surface area contributed by atoms with Gasteiger partial charge in [0.15, 0.2) is 0 Å². The van der Waals surface area contributed by atoms with Gasteiger partial charge in [0.25, 0.3) is 0 Å². The lowest BCUT2D eigenvalue weighted by Crippen LogP contribution is -2.39. The lowest BCUT2D eigenvalue weighted by molar-refractivity contribution is 0.0792. The van der Waals surface area contributed by atoms with Crippen LogP contribution in [0, 0.1) is 17.8 Å². The topological polar surface area (TPSA) is 59.5 Å². The van der Waals surface area contributed by atoms with Crippen molar-refractivity contribution in [2.24, 2.45) is 0 Å². The molecule has 4 rings (SSSR count). The molecule has 9 heteroatoms. The number of benzene rings is 2. The van der Waals surface area contributed by atoms with E-state index < -0.39 is 30.7 Å². The highest BCUT2D eigenvalue weighted by Gasteiger charge is 2.30. The maximum Gasteiger partial charge on any atom is 0.239 e. The van der Waals surface area contributed by atoms with Crippen molar-refractivity contribution >= 4 is 21.2 Å². The summed E-state index contributed by atoms with van der Waals surface area (Å²) in [6, 6.07) is 12.3. The Morgan fingerprint density at radius 3 is 2.39 bits per heavy atom. The molecule has 1 fully saturated rings. The molecule has 1 radical (unpaired) electrons. The second-order valence-corrected chi connectivity index (χ2v) is 10.3. The molecule has 2 aromatic carbocycles. The molecular formula is C22H21F2N2O3S2. The van der Waals surface area contributed by atoms with Crippen LogP contribution >= 0.6 is 11.3 Å². The summed E-state index contributed by atoms with van der Waals surface area (Å²) in [5.41, 5.74) is 1.24. The molecule has 3 aromatic rings. The van der Waals surface area contributed by atoms with Gasteiger partial charge in [-0.25, -0.2) is 22.2 Å². The van der Waals surface area contributed by atoms with Crippen molar-refractivity contribution in [2.75, 3.05) is 13.1 Å². The minimum absolute atomic E-state index is 0.0193. The van der Waals surface area contributed by atoms with Crippen LogP contribution in [-0.4, -0.2) is 37.5 Å². The highest BCUT2D eigenvalue weighted by Crippen LogP contribution is 2.32. The average molecular weight is 464 g/mol. The molecule has 2 heterocycles. The molecule has 0 aliphatic carbocycles. The molecule has 1 aliphatic rings. The smallest absolute Gasteiger partial charge is 0.239 e. The summed E-state index contributed by atoms with van der Waals surface area (Å²) < 4.78 is 59.4. The van der Waals surface area contributed by atoms with E-state index in [0.29, 0.717) is 12.8 Å². The van der Waals surface area contributed by atoms with Gasteiger partial charge >= 0.3 is 0 Å². The number of sulfone groups is 1. The van der Waals surface area contributed by atoms with Crippen molar-refractivity contribution in [3.63, 3.8) is 0 Å². The second-order valence-electron chi connectivity index (χ2n) is 7.40. The van der Waals surface area contributed by atoms with Gasteiger partial charge in [0.1, 0.15) is 34.6 Å². The van der Waals surface area contributed by atoms with Crippen LogP contribution in [-0.2, 0) is 9.84 Å². The first-order valence-corrected chi connectivity index (χ1v) is 12.2. The van der Waals surface area contributed by atoms with Gasteiger partial charge in [-0.1, -0.05) is 30.3 Å². The molecule has 31 heavy (non-hydrogen) atoms. The highest BCUT2D eigenvalue weighted by molar-refractivity contribution is 7.93. The fourth-order valence-corrected chi connectivity index (χ4v) is 5.96. The van der Waals surface area contributed by atoms with E-state index >= 15 is 0 Å². The van der Waals surface area contributed by atoms with Gasteiger partial charge in [0.05, 0.1) is 0 Å². The number of thiazole rings is 1. The number of hydrogen-bond donors (Lipinski definition) is 0. The van der Waals surface area contributed by atoms with E-state index in [2.05, 4.69) is 35.1 Å². The van der Waals surface area contributed by atoms with Crippen LogP contribution in [0.15, 0.2) is 57.1 Å². The number of halogens is 2. The minimum atomic E-state index is -4.39. The molecule has 0 unspecified atom stereocenters. The van der Waals surface area contributed by atoms with Crippen molar-refractivity contribution in [1.82, 2.24) is 9.88 Å². The Labute approximate surface area is 184 Å². The molecule has 0 N–H and O–H groups in total. The normalized spacial score (nSPS) is 16.9. The summed E-state index contributed by atoms with van der Waals surface area (Å²) in [6.45, 7) is 3.73. The Bertz CT molecular complexity index is 1110. The number of nitrogens with zero attached hydrogens (tertiary/aromatic N) is 2. The zero-order chi connectivity index (χ0) is 22.0. The first-order chi connectivity index (χ1) is 14.9. The predicted octanol–water partition coefficient (Wildman–Crippen LogP) is 4.66. The van der Waals surface area contributed by atoms with Crippen LogP contribution in [0.5, 0.6) is 5.75 Å². The van der Waals surface area contributed by atoms with Crippen LogP contribution in [0.4, 0.5) is 8.78 Å². The zero-order valence-electron chi connectivity index (χ0n) is 16.8. The molecule has 163 valence electrons. The maximum absolute atomic E-state index is 14.6. The van der Waals surface area contributed by atoms with Gasteiger partial charge < -0.3 is 4.74 Å². The molecule has 5 nitrogen and oxygen atoms in total. The number of aromatic nitrogens is 1. The largest absolute Gasteiger partial charge is 0.490 e. The van der Waals surface area contributed by atoms with Crippen LogP contribution in [0.25, 0.3) is 0 Å². The van der Waals surface area contributed by atoms with Gasteiger partial charge in [0.2, 0.25) is 14.2 Å². The quantitative estimate of drug-likeness (QED) is 0.532. The molecule has 1 aromatic heterocycles. The molecule has 0 amide bonds. The molecular weight excluding hydrogens is 442 g/mol. The van der Waals surface area contributed by atoms with E-state index in [4.69, 9.17) is 4.74 Å². The maximum atomic E-state index is 14.6. The highest BCUT2D eigenvalue weighted by atomic mass is 32.2. The van der Waals surface area contributed by atoms with E-state index in [0.717, 1.165) is 36.6 Å². The van der Waals surface area contributed by atoms with E-state index in [1.807, 2.05) is 18.2 Å². The number of piperidine rings is 1. The van der Waals surface area contributed by atoms with Gasteiger partial charge in [-0.2, -0.15) is 0 Å². The van der Waals surface area contributed by atoms with Crippen molar-refractivity contribution in [2.45, 2.75) is 41.1 Å². The Morgan fingerprint density at radius 1 is 1.16 bits per heavy atom. The molecule has 0 saturated carbocycles. The van der Waals surface area contributed by atoms with Crippen molar-refractivity contribution in [3.8, 4) is 5.75 Å². The molecule has 1 atom stereocenters. The number of likely N-dealkylation sites (tertiary alicyclic amines) is 1. The molecule has 1 aliphatic heterocycles. The lowest BCUT2D eigenvalue weighted by atomic mass is 10.0. The van der Waals surface area contributed by atoms with Gasteiger partial charge in [-0.15, -0.1) is 11.3 Å². The molecule has 0 spiro atoms. The standard InChI is InChI=1S/C22H21F2N2O3S2/c1-15(16-5-3-2-4-6-16)26-10-7-17(8-11-26)29-18-13-19(23)21(20(24)14-18)31(27,28)22-25-9-12-30-22/h2-6,12-15,17H,7-8,10-11H2,1H3/t15-/m1/s1. The fraction of sp³-hybridized carbons (Fsp3) is 0.318. The van der Waals surface area contributed by atoms with Crippen LogP contribution < -0.4 is 4.74 Å². The zero-order valence-corrected chi connectivity index (χ0v) is 18.4. The van der Waals surface area contributed by atoms with Crippen molar-refractivity contribution in [3.05, 3.63) is 71.2 Å². The summed E-state index contributed by atoms with van der Waals surface area (Å²) in [4.78, 5) is 4.87. The predicted molar refractivity (Wildman–Crippen MR) is 113 cm³/mol. The number of rotatable bonds is 6. The van der Waals surface area contributed by atoms with Crippen molar-refractivity contribution in [1.29, 1.82) is 0 Å². The Balaban J connectivity index is 1.43. The van der Waals surface area contributed by atoms with Crippen molar-refractivity contribution < 1.29 is 21.9 Å². The van der Waals surface area contributed by atoms with Crippen LogP contribution in [0.3, 0.4) is 0 Å². The summed E-state index contributed by atoms with van der Waals surface area (Å²) >= 11 is 0.752. The van der Waals surface area contributed by atoms with Crippen LogP contribution in [0.2, 0.25) is 0 Å². The first-order valence-electron chi connectivity index (χ1n) is 9.87. The minimum Gasteiger partial charge on any atom is -0.490 e. The molecule has 1 saturated heterocycles. The van der Waals surface area contributed by atoms with E-state index in [-0.39, 0.29) is 17.9 Å². The average Bonchev–Trinajstić information content (AvgIpc) is 3.30. The number of ether oxygens (including phenoxy) is 1. The summed E-state index contributed by atoms with van der Waals surface area (Å²) in [6.07, 6.45) is 3.56. The first kappa shape index (κ1) is 21.9. The molecule has 0 bridgehead atoms. The third kappa shape index (κ3) is 4.63. The summed E-state index contributed by atoms with van der Waals surface area (Å²) in [7, 11) is -4.39. The van der Waals surface area contributed by atoms with Crippen LogP contribution in [0.1, 0.15) is 31.4 Å². The summed E-state index contributed by atoms with van der Waals surface area (Å²) in [5.74, 6) is -2.41. The van der Waals surface area contributed by atoms with Gasteiger partial charge in [-0.3, -0.25) is 4.90 Å². The summed E-state index contributed by atoms with van der Waals surface area (Å²) in [5, 5.41) is 1.31. The Kier molecular flexibility index (Phi) is 6.36. The second kappa shape index (κ2) is 9.02. The number of hydrogen-bond acceptors (Lipinski definition) is 6. The van der Waals surface area contributed by atoms with E-state index in [1.165, 1.54) is 10.9 Å². The fourth-order valence-electron chi connectivity index (χ4n) is 3.77. The van der Waals surface area contributed by atoms with E-state index in [1.54, 1.807) is 0 Å². The third-order valence-corrected chi connectivity index (χ3v) is 8.39. The van der Waals surface area contributed by atoms with Gasteiger partial charge in [0, 0.05) is 36.6 Å². The van der Waals surface area contributed by atoms with E-state index in [9.17, 15) is 17.2 Å². The SMILES string of the molecule is C[C@H](c1ccccc1)N1CCC(Oc2cc(F)c(S(=O)(=O)c3n[c]cs3)c(F)c2)CC1. The Hall–Kier alpha value is -2.36.